The minimum Gasteiger partial charge on any atom is -0.354 e. The van der Waals surface area contributed by atoms with Crippen molar-refractivity contribution in [2.75, 3.05) is 31.1 Å². The van der Waals surface area contributed by atoms with Gasteiger partial charge in [0.2, 0.25) is 0 Å². The number of nitrogens with zero attached hydrogens (tertiary/aromatic N) is 3. The normalized spacial score (nSPS) is 14.6. The Hall–Kier alpha value is -2.72. The molecule has 24 heavy (non-hydrogen) atoms. The molecule has 1 aliphatic heterocycles. The van der Waals surface area contributed by atoms with Crippen LogP contribution in [0.5, 0.6) is 0 Å². The number of hydrogen-bond donors (Lipinski definition) is 1. The summed E-state index contributed by atoms with van der Waals surface area (Å²) >= 11 is 0. The highest BCUT2D eigenvalue weighted by atomic mass is 15.2. The van der Waals surface area contributed by atoms with E-state index in [1.54, 1.807) is 0 Å². The minimum atomic E-state index is 0.783. The Morgan fingerprint density at radius 2 is 1.38 bits per heavy atom. The summed E-state index contributed by atoms with van der Waals surface area (Å²) in [5.74, 6) is 1.79. The van der Waals surface area contributed by atoms with E-state index in [1.165, 1.54) is 0 Å². The molecule has 4 heteroatoms. The number of anilines is 1. The molecule has 0 unspecified atom stereocenters. The minimum absolute atomic E-state index is 0.783. The first-order valence-electron chi connectivity index (χ1n) is 8.36. The Kier molecular flexibility index (Phi) is 4.21. The largest absolute Gasteiger partial charge is 0.354 e. The van der Waals surface area contributed by atoms with E-state index in [0.29, 0.717) is 0 Å². The molecule has 0 spiro atoms. The number of aromatic nitrogens is 2. The van der Waals surface area contributed by atoms with Gasteiger partial charge in [-0.3, -0.25) is 0 Å². The molecule has 0 aliphatic carbocycles. The molecular formula is C20H20N4. The van der Waals surface area contributed by atoms with Gasteiger partial charge in [-0.15, -0.1) is 0 Å². The predicted molar refractivity (Wildman–Crippen MR) is 98.0 cm³/mol. The highest BCUT2D eigenvalue weighted by Gasteiger charge is 2.15. The van der Waals surface area contributed by atoms with Crippen LogP contribution < -0.4 is 10.2 Å². The number of benzene rings is 2. The third kappa shape index (κ3) is 3.14. The molecule has 4 nitrogen and oxygen atoms in total. The summed E-state index contributed by atoms with van der Waals surface area (Å²) in [5, 5.41) is 3.39. The van der Waals surface area contributed by atoms with Crippen molar-refractivity contribution in [1.82, 2.24) is 15.3 Å². The van der Waals surface area contributed by atoms with Gasteiger partial charge in [-0.2, -0.15) is 0 Å². The second-order valence-electron chi connectivity index (χ2n) is 5.90. The Morgan fingerprint density at radius 3 is 2.04 bits per heavy atom. The van der Waals surface area contributed by atoms with E-state index in [0.717, 1.165) is 54.6 Å². The summed E-state index contributed by atoms with van der Waals surface area (Å²) < 4.78 is 0. The van der Waals surface area contributed by atoms with Crippen LogP contribution in [0.4, 0.5) is 5.82 Å². The van der Waals surface area contributed by atoms with E-state index in [2.05, 4.69) is 40.5 Å². The SMILES string of the molecule is c1ccc(-c2cc(N3CCNCC3)nc(-c3ccccc3)n2)cc1. The molecule has 0 atom stereocenters. The first-order chi connectivity index (χ1) is 11.9. The van der Waals surface area contributed by atoms with Crippen molar-refractivity contribution in [3.63, 3.8) is 0 Å². The summed E-state index contributed by atoms with van der Waals surface area (Å²) in [6.07, 6.45) is 0. The van der Waals surface area contributed by atoms with Crippen LogP contribution in [-0.4, -0.2) is 36.1 Å². The van der Waals surface area contributed by atoms with Gasteiger partial charge in [0.15, 0.2) is 5.82 Å². The van der Waals surface area contributed by atoms with Crippen molar-refractivity contribution in [2.24, 2.45) is 0 Å². The molecule has 120 valence electrons. The monoisotopic (exact) mass is 316 g/mol. The topological polar surface area (TPSA) is 41.0 Å². The number of nitrogens with one attached hydrogen (secondary N) is 1. The van der Waals surface area contributed by atoms with Crippen LogP contribution in [0.3, 0.4) is 0 Å². The lowest BCUT2D eigenvalue weighted by atomic mass is 10.1. The molecule has 1 aliphatic rings. The van der Waals surface area contributed by atoms with E-state index in [-0.39, 0.29) is 0 Å². The first-order valence-corrected chi connectivity index (χ1v) is 8.36. The molecule has 0 radical (unpaired) electrons. The zero-order chi connectivity index (χ0) is 16.2. The molecule has 0 bridgehead atoms. The van der Waals surface area contributed by atoms with Crippen LogP contribution in [-0.2, 0) is 0 Å². The van der Waals surface area contributed by atoms with Gasteiger partial charge in [-0.25, -0.2) is 9.97 Å². The van der Waals surface area contributed by atoms with E-state index in [9.17, 15) is 0 Å². The van der Waals surface area contributed by atoms with E-state index in [1.807, 2.05) is 36.4 Å². The fourth-order valence-electron chi connectivity index (χ4n) is 2.96. The lowest BCUT2D eigenvalue weighted by molar-refractivity contribution is 0.585. The van der Waals surface area contributed by atoms with Crippen LogP contribution in [0.15, 0.2) is 66.7 Å². The van der Waals surface area contributed by atoms with E-state index >= 15 is 0 Å². The van der Waals surface area contributed by atoms with Gasteiger partial charge >= 0.3 is 0 Å². The average Bonchev–Trinajstić information content (AvgIpc) is 2.70. The molecule has 4 rings (SSSR count). The predicted octanol–water partition coefficient (Wildman–Crippen LogP) is 3.22. The fraction of sp³-hybridized carbons (Fsp3) is 0.200. The summed E-state index contributed by atoms with van der Waals surface area (Å²) in [5.41, 5.74) is 3.14. The highest BCUT2D eigenvalue weighted by Crippen LogP contribution is 2.26. The summed E-state index contributed by atoms with van der Waals surface area (Å²) in [6.45, 7) is 3.93. The Bertz CT molecular complexity index is 739. The van der Waals surface area contributed by atoms with Gasteiger partial charge in [0.1, 0.15) is 5.82 Å². The van der Waals surface area contributed by atoms with Crippen LogP contribution in [0, 0.1) is 0 Å². The molecule has 0 saturated carbocycles. The Balaban J connectivity index is 1.81. The maximum absolute atomic E-state index is 4.84. The molecule has 3 aromatic rings. The van der Waals surface area contributed by atoms with E-state index < -0.39 is 0 Å². The quantitative estimate of drug-likeness (QED) is 0.805. The zero-order valence-corrected chi connectivity index (χ0v) is 13.5. The fourth-order valence-corrected chi connectivity index (χ4v) is 2.96. The lowest BCUT2D eigenvalue weighted by Gasteiger charge is -2.29. The number of piperazine rings is 1. The molecule has 2 heterocycles. The van der Waals surface area contributed by atoms with Gasteiger partial charge in [0.25, 0.3) is 0 Å². The molecule has 0 amide bonds. The average molecular weight is 316 g/mol. The summed E-state index contributed by atoms with van der Waals surface area (Å²) in [6, 6.07) is 22.6. The zero-order valence-electron chi connectivity index (χ0n) is 13.5. The Morgan fingerprint density at radius 1 is 0.750 bits per heavy atom. The molecule has 1 N–H and O–H groups in total. The number of hydrogen-bond acceptors (Lipinski definition) is 4. The Labute approximate surface area is 142 Å². The van der Waals surface area contributed by atoms with Gasteiger partial charge in [-0.05, 0) is 0 Å². The molecular weight excluding hydrogens is 296 g/mol. The molecule has 2 aromatic carbocycles. The summed E-state index contributed by atoms with van der Waals surface area (Å²) in [4.78, 5) is 12.0. The van der Waals surface area contributed by atoms with Crippen molar-refractivity contribution in [2.45, 2.75) is 0 Å². The van der Waals surface area contributed by atoms with Gasteiger partial charge < -0.3 is 10.2 Å². The molecule has 1 aromatic heterocycles. The maximum Gasteiger partial charge on any atom is 0.162 e. The number of rotatable bonds is 3. The lowest BCUT2D eigenvalue weighted by Crippen LogP contribution is -2.44. The second kappa shape index (κ2) is 6.81. The van der Waals surface area contributed by atoms with Gasteiger partial charge in [-0.1, -0.05) is 60.7 Å². The third-order valence-electron chi connectivity index (χ3n) is 4.26. The van der Waals surface area contributed by atoms with Crippen molar-refractivity contribution in [3.05, 3.63) is 66.7 Å². The third-order valence-corrected chi connectivity index (χ3v) is 4.26. The van der Waals surface area contributed by atoms with Crippen LogP contribution in [0.2, 0.25) is 0 Å². The highest BCUT2D eigenvalue weighted by molar-refractivity contribution is 5.67. The molecule has 1 saturated heterocycles. The molecule has 1 fully saturated rings. The van der Waals surface area contributed by atoms with Gasteiger partial charge in [0, 0.05) is 43.4 Å². The first kappa shape index (κ1) is 14.8. The summed E-state index contributed by atoms with van der Waals surface area (Å²) in [7, 11) is 0. The van der Waals surface area contributed by atoms with Crippen molar-refractivity contribution >= 4 is 5.82 Å². The van der Waals surface area contributed by atoms with Gasteiger partial charge in [0.05, 0.1) is 5.69 Å². The van der Waals surface area contributed by atoms with Crippen LogP contribution in [0.25, 0.3) is 22.6 Å². The van der Waals surface area contributed by atoms with Crippen molar-refractivity contribution in [3.8, 4) is 22.6 Å². The maximum atomic E-state index is 4.84. The van der Waals surface area contributed by atoms with Crippen LogP contribution >= 0.6 is 0 Å². The van der Waals surface area contributed by atoms with Crippen LogP contribution in [0.1, 0.15) is 0 Å². The second-order valence-corrected chi connectivity index (χ2v) is 5.90. The smallest absolute Gasteiger partial charge is 0.162 e. The van der Waals surface area contributed by atoms with Crippen molar-refractivity contribution < 1.29 is 0 Å². The van der Waals surface area contributed by atoms with Crippen molar-refractivity contribution in [1.29, 1.82) is 0 Å². The van der Waals surface area contributed by atoms with E-state index in [4.69, 9.17) is 9.97 Å². The standard InChI is InChI=1S/C20H20N4/c1-3-7-16(8-4-1)18-15-19(24-13-11-21-12-14-24)23-20(22-18)17-9-5-2-6-10-17/h1-10,15,21H,11-14H2.